The quantitative estimate of drug-likeness (QED) is 0.611. The van der Waals surface area contributed by atoms with E-state index in [1.54, 1.807) is 22.3 Å². The summed E-state index contributed by atoms with van der Waals surface area (Å²) in [7, 11) is 0. The molecular formula is C15H26. The van der Waals surface area contributed by atoms with Crippen LogP contribution in [0.2, 0.25) is 0 Å². The van der Waals surface area contributed by atoms with Crippen molar-refractivity contribution in [2.75, 3.05) is 0 Å². The Labute approximate surface area is 95.5 Å². The molecule has 0 aliphatic heterocycles. The van der Waals surface area contributed by atoms with Crippen molar-refractivity contribution in [3.63, 3.8) is 0 Å². The summed E-state index contributed by atoms with van der Waals surface area (Å²) in [5, 5.41) is 0. The Morgan fingerprint density at radius 2 is 1.20 bits per heavy atom. The molecule has 0 aromatic carbocycles. The molecule has 0 amide bonds. The van der Waals surface area contributed by atoms with Crippen LogP contribution in [0.4, 0.5) is 0 Å². The molecule has 0 heterocycles. The minimum absolute atomic E-state index is 0.675. The summed E-state index contributed by atoms with van der Waals surface area (Å²) in [6, 6.07) is 0. The van der Waals surface area contributed by atoms with Crippen LogP contribution in [0.25, 0.3) is 0 Å². The summed E-state index contributed by atoms with van der Waals surface area (Å²) < 4.78 is 0. The van der Waals surface area contributed by atoms with Gasteiger partial charge in [-0.15, -0.1) is 0 Å². The van der Waals surface area contributed by atoms with E-state index in [9.17, 15) is 0 Å². The summed E-state index contributed by atoms with van der Waals surface area (Å²) in [4.78, 5) is 0. The van der Waals surface area contributed by atoms with Crippen molar-refractivity contribution in [3.05, 3.63) is 22.3 Å². The second kappa shape index (κ2) is 4.55. The van der Waals surface area contributed by atoms with Crippen LogP contribution in [0.1, 0.15) is 54.9 Å². The van der Waals surface area contributed by atoms with Crippen molar-refractivity contribution in [2.24, 2.45) is 17.8 Å². The Morgan fingerprint density at radius 3 is 1.40 bits per heavy atom. The van der Waals surface area contributed by atoms with Gasteiger partial charge in [0.2, 0.25) is 0 Å². The Hall–Kier alpha value is -0.520. The largest absolute Gasteiger partial charge is 0.0645 e. The maximum Gasteiger partial charge on any atom is 0.00108 e. The van der Waals surface area contributed by atoms with Crippen molar-refractivity contribution in [1.82, 2.24) is 0 Å². The van der Waals surface area contributed by atoms with E-state index in [2.05, 4.69) is 48.5 Å². The monoisotopic (exact) mass is 206 g/mol. The van der Waals surface area contributed by atoms with Gasteiger partial charge in [0.1, 0.15) is 0 Å². The van der Waals surface area contributed by atoms with Crippen molar-refractivity contribution in [3.8, 4) is 0 Å². The maximum absolute atomic E-state index is 2.34. The number of hydrogen-bond donors (Lipinski definition) is 0. The summed E-state index contributed by atoms with van der Waals surface area (Å²) in [5.74, 6) is 2.07. The lowest BCUT2D eigenvalue weighted by atomic mass is 9.88. The Balaban J connectivity index is 3.25. The molecule has 0 fully saturated rings. The van der Waals surface area contributed by atoms with Gasteiger partial charge in [-0.3, -0.25) is 0 Å². The summed E-state index contributed by atoms with van der Waals surface area (Å²) >= 11 is 0. The molecule has 0 bridgehead atoms. The molecule has 86 valence electrons. The molecule has 0 radical (unpaired) electrons. The van der Waals surface area contributed by atoms with E-state index < -0.39 is 0 Å². The van der Waals surface area contributed by atoms with Gasteiger partial charge in [-0.25, -0.2) is 0 Å². The van der Waals surface area contributed by atoms with Crippen LogP contribution in [-0.2, 0) is 0 Å². The molecule has 0 heteroatoms. The first-order chi connectivity index (χ1) is 6.91. The van der Waals surface area contributed by atoms with Gasteiger partial charge in [-0.2, -0.15) is 0 Å². The van der Waals surface area contributed by atoms with Gasteiger partial charge in [0.25, 0.3) is 0 Å². The number of hydrogen-bond acceptors (Lipinski definition) is 0. The third kappa shape index (κ3) is 2.04. The van der Waals surface area contributed by atoms with Crippen molar-refractivity contribution in [2.45, 2.75) is 54.9 Å². The van der Waals surface area contributed by atoms with Crippen LogP contribution in [0.15, 0.2) is 22.3 Å². The van der Waals surface area contributed by atoms with Crippen molar-refractivity contribution < 1.29 is 0 Å². The zero-order chi connectivity index (χ0) is 11.7. The molecule has 1 aliphatic carbocycles. The lowest BCUT2D eigenvalue weighted by Crippen LogP contribution is -2.03. The van der Waals surface area contributed by atoms with Gasteiger partial charge in [0.15, 0.2) is 0 Å². The zero-order valence-electron chi connectivity index (χ0n) is 11.4. The fourth-order valence-electron chi connectivity index (χ4n) is 3.27. The molecule has 0 aromatic heterocycles. The van der Waals surface area contributed by atoms with Gasteiger partial charge in [-0.05, 0) is 43.3 Å². The minimum atomic E-state index is 0.675. The maximum atomic E-state index is 2.34. The van der Waals surface area contributed by atoms with E-state index >= 15 is 0 Å². The molecule has 0 N–H and O–H groups in total. The van der Waals surface area contributed by atoms with E-state index in [1.807, 2.05) is 0 Å². The average Bonchev–Trinajstić information content (AvgIpc) is 2.37. The van der Waals surface area contributed by atoms with E-state index in [0.29, 0.717) is 11.8 Å². The van der Waals surface area contributed by atoms with E-state index in [1.165, 1.54) is 6.42 Å². The highest BCUT2D eigenvalue weighted by Crippen LogP contribution is 2.44. The van der Waals surface area contributed by atoms with Gasteiger partial charge >= 0.3 is 0 Å². The summed E-state index contributed by atoms with van der Waals surface area (Å²) in [6.45, 7) is 16.3. The second-order valence-corrected chi connectivity index (χ2v) is 5.46. The van der Waals surface area contributed by atoms with E-state index in [0.717, 1.165) is 5.92 Å². The highest BCUT2D eigenvalue weighted by Gasteiger charge is 2.29. The first-order valence-corrected chi connectivity index (χ1v) is 6.33. The smallest absolute Gasteiger partial charge is 0.00108 e. The van der Waals surface area contributed by atoms with E-state index in [-0.39, 0.29) is 0 Å². The van der Waals surface area contributed by atoms with Crippen LogP contribution in [-0.4, -0.2) is 0 Å². The summed E-state index contributed by atoms with van der Waals surface area (Å²) in [6.07, 6.45) is 1.25. The molecule has 1 rings (SSSR count). The highest BCUT2D eigenvalue weighted by atomic mass is 14.3. The van der Waals surface area contributed by atoms with Gasteiger partial charge in [0, 0.05) is 5.92 Å². The van der Waals surface area contributed by atoms with Gasteiger partial charge in [-0.1, -0.05) is 45.8 Å². The number of allylic oxidation sites excluding steroid dienone is 4. The highest BCUT2D eigenvalue weighted by molar-refractivity contribution is 5.50. The fourth-order valence-corrected chi connectivity index (χ4v) is 3.27. The predicted molar refractivity (Wildman–Crippen MR) is 68.9 cm³/mol. The van der Waals surface area contributed by atoms with Crippen molar-refractivity contribution in [1.29, 1.82) is 0 Å². The van der Waals surface area contributed by atoms with Crippen LogP contribution >= 0.6 is 0 Å². The first kappa shape index (κ1) is 12.5. The van der Waals surface area contributed by atoms with Gasteiger partial charge < -0.3 is 0 Å². The summed E-state index contributed by atoms with van der Waals surface area (Å²) in [5.41, 5.74) is 6.56. The second-order valence-electron chi connectivity index (χ2n) is 5.46. The van der Waals surface area contributed by atoms with E-state index in [4.69, 9.17) is 0 Å². The average molecular weight is 206 g/mol. The molecule has 0 saturated heterocycles. The third-order valence-corrected chi connectivity index (χ3v) is 3.75. The molecule has 0 atom stereocenters. The minimum Gasteiger partial charge on any atom is -0.0645 e. The molecule has 0 nitrogen and oxygen atoms in total. The molecule has 0 unspecified atom stereocenters. The predicted octanol–water partition coefficient (Wildman–Crippen LogP) is 4.97. The zero-order valence-corrected chi connectivity index (χ0v) is 11.4. The standard InChI is InChI=1S/C15H26/c1-8-13-11(6)14(9(2)3)15(10(4)5)12(13)7/h9-10,13H,8H2,1-7H3. The van der Waals surface area contributed by atoms with Crippen LogP contribution in [0.5, 0.6) is 0 Å². The normalized spacial score (nSPS) is 19.0. The SMILES string of the molecule is CCC1C(C)=C(C(C)C)C(C(C)C)=C1C. The topological polar surface area (TPSA) is 0 Å². The van der Waals surface area contributed by atoms with Crippen molar-refractivity contribution >= 4 is 0 Å². The fraction of sp³-hybridized carbons (Fsp3) is 0.733. The molecular weight excluding hydrogens is 180 g/mol. The lowest BCUT2D eigenvalue weighted by molar-refractivity contribution is 0.682. The molecule has 0 saturated carbocycles. The Morgan fingerprint density at radius 1 is 0.867 bits per heavy atom. The third-order valence-electron chi connectivity index (χ3n) is 3.75. The van der Waals surface area contributed by atoms with Crippen LogP contribution in [0.3, 0.4) is 0 Å². The Kier molecular flexibility index (Phi) is 3.81. The molecule has 0 aromatic rings. The molecule has 15 heavy (non-hydrogen) atoms. The number of rotatable bonds is 3. The van der Waals surface area contributed by atoms with Gasteiger partial charge in [0.05, 0.1) is 0 Å². The Bertz CT molecular complexity index is 270. The molecule has 0 spiro atoms. The lowest BCUT2D eigenvalue weighted by Gasteiger charge is -2.17. The van der Waals surface area contributed by atoms with Crippen LogP contribution < -0.4 is 0 Å². The van der Waals surface area contributed by atoms with Crippen LogP contribution in [0, 0.1) is 17.8 Å². The molecule has 1 aliphatic rings. The first-order valence-electron chi connectivity index (χ1n) is 6.33.